The van der Waals surface area contributed by atoms with Gasteiger partial charge in [-0.05, 0) is 24.3 Å². The number of fused-ring (bicyclic) bond motifs is 1. The van der Waals surface area contributed by atoms with Gasteiger partial charge in [-0.2, -0.15) is 0 Å². The number of carbonyl (C=O) groups excluding carboxylic acids is 8. The molecule has 0 aliphatic carbocycles. The number of ether oxygens (including phenoxy) is 10. The molecule has 300 valence electrons. The molecule has 0 spiro atoms. The zero-order valence-electron chi connectivity index (χ0n) is 31.7. The summed E-state index contributed by atoms with van der Waals surface area (Å²) in [6, 6.07) is 7.16. The molecule has 3 aromatic rings. The maximum atomic E-state index is 14.1. The van der Waals surface area contributed by atoms with Crippen LogP contribution in [0.1, 0.15) is 76.1 Å². The SMILES string of the molecule is C=CCOc1c(OC(C)=O)cc(C(=O)O[C@@H]2Cc3c(OC(C)=O)cc(OC(C)=O)cc3O[C@@H]2c2cc(OC(C)=O)c(OC(C)=O)c(OC(C)=O)c2)cc1OC(C)=O. The second-order valence-corrected chi connectivity index (χ2v) is 12.0. The van der Waals surface area contributed by atoms with Crippen molar-refractivity contribution < 1.29 is 85.7 Å². The highest BCUT2D eigenvalue weighted by atomic mass is 16.6. The molecule has 18 heteroatoms. The number of hydrogen-bond acceptors (Lipinski definition) is 18. The van der Waals surface area contributed by atoms with Gasteiger partial charge in [0.2, 0.25) is 11.5 Å². The van der Waals surface area contributed by atoms with Crippen LogP contribution in [0.15, 0.2) is 49.1 Å². The van der Waals surface area contributed by atoms with Crippen molar-refractivity contribution in [1.82, 2.24) is 0 Å². The molecule has 0 bridgehead atoms. The van der Waals surface area contributed by atoms with Gasteiger partial charge >= 0.3 is 47.8 Å². The minimum atomic E-state index is -1.41. The normalized spacial score (nSPS) is 13.9. The molecule has 0 aromatic heterocycles. The first-order valence-corrected chi connectivity index (χ1v) is 16.8. The van der Waals surface area contributed by atoms with Gasteiger partial charge in [-0.25, -0.2) is 4.79 Å². The van der Waals surface area contributed by atoms with E-state index >= 15 is 0 Å². The lowest BCUT2D eigenvalue weighted by molar-refractivity contribution is -0.135. The van der Waals surface area contributed by atoms with Crippen LogP contribution in [0.25, 0.3) is 0 Å². The van der Waals surface area contributed by atoms with Crippen LogP contribution in [0.4, 0.5) is 0 Å². The highest BCUT2D eigenvalue weighted by Crippen LogP contribution is 2.48. The summed E-state index contributed by atoms with van der Waals surface area (Å²) in [6.07, 6.45) is -1.72. The second-order valence-electron chi connectivity index (χ2n) is 12.0. The zero-order chi connectivity index (χ0) is 42.1. The van der Waals surface area contributed by atoms with Crippen molar-refractivity contribution in [3.05, 3.63) is 65.7 Å². The van der Waals surface area contributed by atoms with Crippen LogP contribution < -0.4 is 42.6 Å². The fourth-order valence-electron chi connectivity index (χ4n) is 5.39. The van der Waals surface area contributed by atoms with Gasteiger partial charge < -0.3 is 47.4 Å². The van der Waals surface area contributed by atoms with E-state index in [1.54, 1.807) is 0 Å². The molecule has 0 amide bonds. The van der Waals surface area contributed by atoms with Gasteiger partial charge in [-0.15, -0.1) is 0 Å². The van der Waals surface area contributed by atoms with Crippen molar-refractivity contribution in [2.45, 2.75) is 67.1 Å². The van der Waals surface area contributed by atoms with Gasteiger partial charge in [0.05, 0.1) is 5.56 Å². The zero-order valence-corrected chi connectivity index (χ0v) is 31.7. The molecule has 4 rings (SSSR count). The number of benzene rings is 3. The fraction of sp³-hybridized carbons (Fsp3) is 0.282. The summed E-state index contributed by atoms with van der Waals surface area (Å²) < 4.78 is 55.0. The van der Waals surface area contributed by atoms with E-state index in [4.69, 9.17) is 47.4 Å². The molecular formula is C39H36O18. The van der Waals surface area contributed by atoms with Crippen LogP contribution in [-0.4, -0.2) is 60.5 Å². The van der Waals surface area contributed by atoms with Crippen LogP contribution >= 0.6 is 0 Å². The molecule has 0 saturated heterocycles. The smallest absolute Gasteiger partial charge is 0.338 e. The summed E-state index contributed by atoms with van der Waals surface area (Å²) in [6.45, 7) is 11.1. The number of rotatable bonds is 13. The quantitative estimate of drug-likeness (QED) is 0.130. The molecule has 0 fully saturated rings. The lowest BCUT2D eigenvalue weighted by atomic mass is 9.93. The largest absolute Gasteiger partial charge is 0.482 e. The van der Waals surface area contributed by atoms with Crippen molar-refractivity contribution in [2.24, 2.45) is 0 Å². The Balaban J connectivity index is 1.96. The van der Waals surface area contributed by atoms with Crippen LogP contribution in [0.5, 0.6) is 51.7 Å². The van der Waals surface area contributed by atoms with Crippen LogP contribution in [-0.2, 0) is 44.7 Å². The molecular weight excluding hydrogens is 756 g/mol. The van der Waals surface area contributed by atoms with Gasteiger partial charge in [-0.3, -0.25) is 33.6 Å². The predicted octanol–water partition coefficient (Wildman–Crippen LogP) is 4.63. The minimum absolute atomic E-state index is 0.0168. The Kier molecular flexibility index (Phi) is 13.7. The third kappa shape index (κ3) is 11.4. The Morgan fingerprint density at radius 2 is 1.05 bits per heavy atom. The summed E-state index contributed by atoms with van der Waals surface area (Å²) in [5.41, 5.74) is -0.125. The Morgan fingerprint density at radius 1 is 0.596 bits per heavy atom. The molecule has 57 heavy (non-hydrogen) atoms. The van der Waals surface area contributed by atoms with E-state index in [1.807, 2.05) is 0 Å². The molecule has 0 saturated carbocycles. The third-order valence-electron chi connectivity index (χ3n) is 7.15. The maximum absolute atomic E-state index is 14.1. The van der Waals surface area contributed by atoms with Crippen molar-refractivity contribution in [3.8, 4) is 51.7 Å². The molecule has 0 radical (unpaired) electrons. The summed E-state index contributed by atoms with van der Waals surface area (Å²) in [4.78, 5) is 98.7. The van der Waals surface area contributed by atoms with E-state index in [-0.39, 0.29) is 64.2 Å². The Hall–Kier alpha value is -7.24. The molecule has 0 N–H and O–H groups in total. The maximum Gasteiger partial charge on any atom is 0.338 e. The Labute approximate surface area is 324 Å². The average Bonchev–Trinajstić information content (AvgIpc) is 3.07. The summed E-state index contributed by atoms with van der Waals surface area (Å²) in [5, 5.41) is 0. The highest BCUT2D eigenvalue weighted by Gasteiger charge is 2.39. The molecule has 1 aliphatic rings. The third-order valence-corrected chi connectivity index (χ3v) is 7.15. The van der Waals surface area contributed by atoms with Gasteiger partial charge in [0.15, 0.2) is 29.1 Å². The minimum Gasteiger partial charge on any atom is -0.482 e. The van der Waals surface area contributed by atoms with Gasteiger partial charge in [0.1, 0.15) is 30.0 Å². The summed E-state index contributed by atoms with van der Waals surface area (Å²) in [5.74, 6) is -9.10. The lowest BCUT2D eigenvalue weighted by Crippen LogP contribution is -2.35. The van der Waals surface area contributed by atoms with Crippen LogP contribution in [0.3, 0.4) is 0 Å². The average molecular weight is 793 g/mol. The van der Waals surface area contributed by atoms with Crippen molar-refractivity contribution in [3.63, 3.8) is 0 Å². The van der Waals surface area contributed by atoms with E-state index in [1.165, 1.54) is 30.3 Å². The number of esters is 8. The van der Waals surface area contributed by atoms with Crippen molar-refractivity contribution in [1.29, 1.82) is 0 Å². The van der Waals surface area contributed by atoms with Gasteiger partial charge in [0.25, 0.3) is 0 Å². The van der Waals surface area contributed by atoms with E-state index < -0.39 is 77.2 Å². The predicted molar refractivity (Wildman–Crippen MR) is 190 cm³/mol. The molecule has 1 aliphatic heterocycles. The van der Waals surface area contributed by atoms with Crippen molar-refractivity contribution >= 4 is 47.8 Å². The molecule has 3 aromatic carbocycles. The lowest BCUT2D eigenvalue weighted by Gasteiger charge is -2.34. The number of carbonyl (C=O) groups is 8. The Bertz CT molecular complexity index is 2090. The van der Waals surface area contributed by atoms with Crippen LogP contribution in [0.2, 0.25) is 0 Å². The topological polar surface area (TPSA) is 229 Å². The number of hydrogen-bond donors (Lipinski definition) is 0. The van der Waals surface area contributed by atoms with Gasteiger partial charge in [0, 0.05) is 78.1 Å². The van der Waals surface area contributed by atoms with Gasteiger partial charge in [-0.1, -0.05) is 12.7 Å². The van der Waals surface area contributed by atoms with E-state index in [2.05, 4.69) is 6.58 Å². The highest BCUT2D eigenvalue weighted by molar-refractivity contribution is 5.92. The molecule has 18 nitrogen and oxygen atoms in total. The van der Waals surface area contributed by atoms with E-state index in [0.29, 0.717) is 0 Å². The Morgan fingerprint density at radius 3 is 1.51 bits per heavy atom. The van der Waals surface area contributed by atoms with E-state index in [0.717, 1.165) is 60.6 Å². The fourth-order valence-corrected chi connectivity index (χ4v) is 5.39. The summed E-state index contributed by atoms with van der Waals surface area (Å²) >= 11 is 0. The molecule has 0 unspecified atom stereocenters. The first-order chi connectivity index (χ1) is 26.8. The monoisotopic (exact) mass is 792 g/mol. The molecule has 1 heterocycles. The molecule has 2 atom stereocenters. The first kappa shape index (κ1) is 42.5. The first-order valence-electron chi connectivity index (χ1n) is 16.8. The summed E-state index contributed by atoms with van der Waals surface area (Å²) in [7, 11) is 0. The van der Waals surface area contributed by atoms with Crippen molar-refractivity contribution in [2.75, 3.05) is 6.61 Å². The van der Waals surface area contributed by atoms with E-state index in [9.17, 15) is 38.4 Å². The van der Waals surface area contributed by atoms with Crippen LogP contribution in [0, 0.1) is 0 Å². The second kappa shape index (κ2) is 18.4. The standard InChI is InChI=1S/C39H36O18/c1-9-10-48-37-31(51-20(4)42)13-26(14-32(37)52-21(5)43)39(47)57-35-17-28-29(50-19(3)41)15-27(49-18(2)40)16-30(28)56-36(35)25-11-33(53-22(6)44)38(55-24(8)46)34(12-25)54-23(7)45/h9,11-16,35-36H,1,10,17H2,2-8H3/t35-,36-/m1/s1.